The molecule has 0 radical (unpaired) electrons. The number of halogens is 1. The van der Waals surface area contributed by atoms with Crippen LogP contribution in [0, 0.1) is 12.7 Å². The van der Waals surface area contributed by atoms with Gasteiger partial charge >= 0.3 is 0 Å². The van der Waals surface area contributed by atoms with Crippen molar-refractivity contribution in [2.45, 2.75) is 13.0 Å². The maximum atomic E-state index is 13.2. The highest BCUT2D eigenvalue weighted by Gasteiger charge is 2.17. The zero-order chi connectivity index (χ0) is 11.8. The molecule has 0 aliphatic carbocycles. The van der Waals surface area contributed by atoms with Crippen LogP contribution >= 0.6 is 11.3 Å². The van der Waals surface area contributed by atoms with Gasteiger partial charge in [-0.15, -0.1) is 11.3 Å². The highest BCUT2D eigenvalue weighted by molar-refractivity contribution is 7.19. The molecule has 1 aromatic carbocycles. The van der Waals surface area contributed by atoms with E-state index in [0.717, 1.165) is 10.1 Å². The summed E-state index contributed by atoms with van der Waals surface area (Å²) < 4.78 is 14.2. The van der Waals surface area contributed by atoms with Crippen molar-refractivity contribution < 1.29 is 4.39 Å². The van der Waals surface area contributed by atoms with Gasteiger partial charge in [0.25, 0.3) is 0 Å². The molecule has 1 unspecified atom stereocenters. The van der Waals surface area contributed by atoms with Crippen LogP contribution in [0.15, 0.2) is 35.5 Å². The van der Waals surface area contributed by atoms with Gasteiger partial charge in [0.15, 0.2) is 0 Å². The molecular weight excluding hydrogens is 235 g/mol. The van der Waals surface area contributed by atoms with Crippen molar-refractivity contribution in [2.75, 3.05) is 0 Å². The van der Waals surface area contributed by atoms with E-state index in [1.165, 1.54) is 16.5 Å². The lowest BCUT2D eigenvalue weighted by molar-refractivity contribution is 0.630. The van der Waals surface area contributed by atoms with Crippen LogP contribution in [0.2, 0.25) is 0 Å². The molecule has 17 heavy (non-hydrogen) atoms. The molecule has 0 saturated carbocycles. The molecular formula is C13H11FN2S. The number of hydrogen-bond acceptors (Lipinski definition) is 3. The number of aryl methyl sites for hydroxylation is 1. The van der Waals surface area contributed by atoms with E-state index in [4.69, 9.17) is 0 Å². The molecule has 2 heterocycles. The minimum absolute atomic E-state index is 0.131. The Morgan fingerprint density at radius 2 is 2.29 bits per heavy atom. The second-order valence-corrected chi connectivity index (χ2v) is 5.23. The molecule has 0 bridgehead atoms. The van der Waals surface area contributed by atoms with Crippen LogP contribution in [-0.4, -0.2) is 6.34 Å². The average Bonchev–Trinajstić information content (AvgIpc) is 2.65. The number of nitrogens with one attached hydrogen (secondary N) is 1. The smallest absolute Gasteiger partial charge is 0.124 e. The van der Waals surface area contributed by atoms with Crippen molar-refractivity contribution in [3.8, 4) is 0 Å². The maximum absolute atomic E-state index is 13.2. The van der Waals surface area contributed by atoms with Gasteiger partial charge in [0.05, 0.1) is 12.4 Å². The fraction of sp³-hybridized carbons (Fsp3) is 0.154. The first-order valence-electron chi connectivity index (χ1n) is 5.38. The molecule has 1 N–H and O–H groups in total. The quantitative estimate of drug-likeness (QED) is 0.817. The van der Waals surface area contributed by atoms with E-state index in [1.54, 1.807) is 29.9 Å². The van der Waals surface area contributed by atoms with Gasteiger partial charge in [-0.2, -0.15) is 0 Å². The minimum atomic E-state index is -0.181. The number of thiophene rings is 1. The van der Waals surface area contributed by atoms with E-state index in [-0.39, 0.29) is 11.9 Å². The van der Waals surface area contributed by atoms with E-state index in [9.17, 15) is 4.39 Å². The Kier molecular flexibility index (Phi) is 2.44. The Hall–Kier alpha value is -1.68. The lowest BCUT2D eigenvalue weighted by Gasteiger charge is -2.15. The normalized spacial score (nSPS) is 18.6. The number of rotatable bonds is 1. The third kappa shape index (κ3) is 1.74. The molecule has 0 amide bonds. The highest BCUT2D eigenvalue weighted by atomic mass is 32.1. The van der Waals surface area contributed by atoms with Gasteiger partial charge in [0, 0.05) is 15.8 Å². The highest BCUT2D eigenvalue weighted by Crippen LogP contribution is 2.36. The monoisotopic (exact) mass is 246 g/mol. The van der Waals surface area contributed by atoms with Crippen molar-refractivity contribution in [3.63, 3.8) is 0 Å². The minimum Gasteiger partial charge on any atom is -0.366 e. The number of benzene rings is 1. The molecule has 0 spiro atoms. The first-order valence-corrected chi connectivity index (χ1v) is 6.20. The third-order valence-electron chi connectivity index (χ3n) is 2.88. The Labute approximate surface area is 102 Å². The fourth-order valence-corrected chi connectivity index (χ4v) is 3.27. The van der Waals surface area contributed by atoms with Gasteiger partial charge in [0.2, 0.25) is 0 Å². The van der Waals surface area contributed by atoms with Crippen molar-refractivity contribution in [1.29, 1.82) is 0 Å². The van der Waals surface area contributed by atoms with E-state index in [1.807, 2.05) is 12.1 Å². The van der Waals surface area contributed by atoms with Gasteiger partial charge < -0.3 is 5.32 Å². The molecule has 1 aliphatic heterocycles. The van der Waals surface area contributed by atoms with E-state index >= 15 is 0 Å². The lowest BCUT2D eigenvalue weighted by atomic mass is 10.0. The zero-order valence-electron chi connectivity index (χ0n) is 9.27. The predicted molar refractivity (Wildman–Crippen MR) is 70.0 cm³/mol. The molecule has 2 nitrogen and oxygen atoms in total. The van der Waals surface area contributed by atoms with Crippen molar-refractivity contribution >= 4 is 27.8 Å². The fourth-order valence-electron chi connectivity index (χ4n) is 2.14. The average molecular weight is 246 g/mol. The molecule has 0 fully saturated rings. The van der Waals surface area contributed by atoms with Crippen LogP contribution in [0.1, 0.15) is 16.5 Å². The van der Waals surface area contributed by atoms with Gasteiger partial charge in [-0.05, 0) is 36.1 Å². The molecule has 86 valence electrons. The molecule has 1 aromatic heterocycles. The summed E-state index contributed by atoms with van der Waals surface area (Å²) in [5.74, 6) is -0.181. The van der Waals surface area contributed by atoms with E-state index < -0.39 is 0 Å². The lowest BCUT2D eigenvalue weighted by Crippen LogP contribution is -2.19. The van der Waals surface area contributed by atoms with Gasteiger partial charge in [-0.1, -0.05) is 6.07 Å². The topological polar surface area (TPSA) is 24.4 Å². The van der Waals surface area contributed by atoms with Crippen LogP contribution in [0.5, 0.6) is 0 Å². The molecule has 2 aromatic rings. The van der Waals surface area contributed by atoms with Crippen molar-refractivity contribution in [3.05, 3.63) is 46.7 Å². The second kappa shape index (κ2) is 3.96. The molecule has 4 heteroatoms. The summed E-state index contributed by atoms with van der Waals surface area (Å²) in [6.45, 7) is 2.07. The standard InChI is InChI=1S/C13H11FN2S/c1-8-13(11-4-5-15-7-16-11)10-3-2-9(14)6-12(10)17-8/h2-7,11H,1H3,(H,15,16). The Morgan fingerprint density at radius 1 is 1.41 bits per heavy atom. The van der Waals surface area contributed by atoms with Gasteiger partial charge in [-0.25, -0.2) is 9.38 Å². The second-order valence-electron chi connectivity index (χ2n) is 3.98. The Bertz CT molecular complexity index is 628. The largest absolute Gasteiger partial charge is 0.366 e. The number of fused-ring (bicyclic) bond motifs is 1. The van der Waals surface area contributed by atoms with E-state index in [0.29, 0.717) is 0 Å². The van der Waals surface area contributed by atoms with Crippen LogP contribution in [0.25, 0.3) is 10.1 Å². The summed E-state index contributed by atoms with van der Waals surface area (Å²) in [5, 5.41) is 4.32. The van der Waals surface area contributed by atoms with Crippen molar-refractivity contribution in [1.82, 2.24) is 5.32 Å². The third-order valence-corrected chi connectivity index (χ3v) is 3.96. The van der Waals surface area contributed by atoms with Crippen molar-refractivity contribution in [2.24, 2.45) is 4.99 Å². The number of aliphatic imine (C=N–C) groups is 1. The summed E-state index contributed by atoms with van der Waals surface area (Å²) in [7, 11) is 0. The molecule has 1 aliphatic rings. The first-order chi connectivity index (χ1) is 8.25. The van der Waals surface area contributed by atoms with Crippen LogP contribution in [0.4, 0.5) is 4.39 Å². The van der Waals surface area contributed by atoms with Gasteiger partial charge in [0.1, 0.15) is 5.82 Å². The molecule has 3 rings (SSSR count). The Morgan fingerprint density at radius 3 is 3.06 bits per heavy atom. The summed E-state index contributed by atoms with van der Waals surface area (Å²) in [6, 6.07) is 5.09. The zero-order valence-corrected chi connectivity index (χ0v) is 10.1. The number of nitrogens with zero attached hydrogens (tertiary/aromatic N) is 1. The Balaban J connectivity index is 2.18. The number of hydrogen-bond donors (Lipinski definition) is 1. The maximum Gasteiger partial charge on any atom is 0.124 e. The summed E-state index contributed by atoms with van der Waals surface area (Å²) in [4.78, 5) is 5.20. The SMILES string of the molecule is Cc1sc2cc(F)ccc2c1C1C=CN=CN1. The summed E-state index contributed by atoms with van der Waals surface area (Å²) >= 11 is 1.63. The first kappa shape index (κ1) is 10.5. The summed E-state index contributed by atoms with van der Waals surface area (Å²) in [5.41, 5.74) is 1.22. The predicted octanol–water partition coefficient (Wildman–Crippen LogP) is 3.54. The summed E-state index contributed by atoms with van der Waals surface area (Å²) in [6.07, 6.45) is 5.49. The van der Waals surface area contributed by atoms with Gasteiger partial charge in [-0.3, -0.25) is 0 Å². The van der Waals surface area contributed by atoms with Crippen LogP contribution in [0.3, 0.4) is 0 Å². The molecule has 1 atom stereocenters. The van der Waals surface area contributed by atoms with Crippen LogP contribution in [-0.2, 0) is 0 Å². The van der Waals surface area contributed by atoms with Crippen LogP contribution < -0.4 is 5.32 Å². The molecule has 0 saturated heterocycles. The van der Waals surface area contributed by atoms with E-state index in [2.05, 4.69) is 17.2 Å².